The molecule has 1 aliphatic heterocycles. The molecule has 1 N–H and O–H groups in total. The van der Waals surface area contributed by atoms with Gasteiger partial charge in [-0.25, -0.2) is 0 Å². The molecular weight excluding hydrogens is 564 g/mol. The van der Waals surface area contributed by atoms with Gasteiger partial charge in [0.2, 0.25) is 0 Å². The molecule has 0 aliphatic carbocycles. The summed E-state index contributed by atoms with van der Waals surface area (Å²) in [6.07, 6.45) is 2.42. The number of unbranched alkanes of at least 4 members (excludes halogenated alkanes) is 3. The summed E-state index contributed by atoms with van der Waals surface area (Å²) in [5.74, 6) is 1.56. The summed E-state index contributed by atoms with van der Waals surface area (Å²) in [4.78, 5) is 0. The number of rotatable bonds is 22. The number of aliphatic hydroxyl groups is 1. The van der Waals surface area contributed by atoms with Crippen molar-refractivity contribution in [2.24, 2.45) is 0 Å². The Morgan fingerprint density at radius 1 is 0.636 bits per heavy atom. The molecule has 0 saturated carbocycles. The van der Waals surface area contributed by atoms with Crippen molar-refractivity contribution >= 4 is 0 Å². The molecule has 0 amide bonds. The molecule has 1 aliphatic rings. The highest BCUT2D eigenvalue weighted by Gasteiger charge is 2.57. The molecule has 0 spiro atoms. The highest BCUT2D eigenvalue weighted by molar-refractivity contribution is 5.27. The lowest BCUT2D eigenvalue weighted by Crippen LogP contribution is -2.69. The number of aliphatic hydroxyl groups excluding tert-OH is 1. The molecule has 0 aromatic heterocycles. The third kappa shape index (κ3) is 11.0. The fourth-order valence-electron chi connectivity index (χ4n) is 5.10. The maximum absolute atomic E-state index is 11.4. The Hall–Kier alpha value is -2.24. The SMILES string of the molecule is CCCCO[C@@H]1[C@@H](OCCCC)C(O)OC(COCc2ccc(OC)cc2)(COCc2ccc(OC)cc2)[C@H]1OCCCC. The monoisotopic (exact) mass is 618 g/mol. The van der Waals surface area contributed by atoms with Crippen molar-refractivity contribution in [2.75, 3.05) is 47.3 Å². The summed E-state index contributed by atoms with van der Waals surface area (Å²) in [5, 5.41) is 11.4. The van der Waals surface area contributed by atoms with Crippen LogP contribution in [0.5, 0.6) is 11.5 Å². The first-order valence-corrected chi connectivity index (χ1v) is 16.1. The van der Waals surface area contributed by atoms with Gasteiger partial charge < -0.3 is 43.0 Å². The van der Waals surface area contributed by atoms with Gasteiger partial charge in [-0.05, 0) is 54.7 Å². The average molecular weight is 619 g/mol. The maximum Gasteiger partial charge on any atom is 0.184 e. The van der Waals surface area contributed by atoms with E-state index < -0.39 is 30.2 Å². The van der Waals surface area contributed by atoms with Crippen LogP contribution in [0.15, 0.2) is 48.5 Å². The summed E-state index contributed by atoms with van der Waals surface area (Å²) in [6.45, 7) is 8.78. The van der Waals surface area contributed by atoms with E-state index in [1.165, 1.54) is 0 Å². The molecule has 4 atom stereocenters. The molecule has 0 radical (unpaired) electrons. The van der Waals surface area contributed by atoms with Crippen LogP contribution < -0.4 is 9.47 Å². The zero-order valence-corrected chi connectivity index (χ0v) is 27.3. The van der Waals surface area contributed by atoms with Gasteiger partial charge in [-0.15, -0.1) is 0 Å². The smallest absolute Gasteiger partial charge is 0.184 e. The molecular formula is C35H54O9. The lowest BCUT2D eigenvalue weighted by Gasteiger charge is -2.51. The second-order valence-electron chi connectivity index (χ2n) is 11.3. The summed E-state index contributed by atoms with van der Waals surface area (Å²) in [7, 11) is 3.29. The van der Waals surface area contributed by atoms with E-state index in [1.54, 1.807) is 14.2 Å². The maximum atomic E-state index is 11.4. The van der Waals surface area contributed by atoms with Crippen LogP contribution in [0.2, 0.25) is 0 Å². The predicted molar refractivity (Wildman–Crippen MR) is 169 cm³/mol. The van der Waals surface area contributed by atoms with E-state index >= 15 is 0 Å². The average Bonchev–Trinajstić information content (AvgIpc) is 3.04. The Morgan fingerprint density at radius 2 is 1.07 bits per heavy atom. The van der Waals surface area contributed by atoms with Crippen molar-refractivity contribution in [3.05, 3.63) is 59.7 Å². The summed E-state index contributed by atoms with van der Waals surface area (Å²) >= 11 is 0. The summed E-state index contributed by atoms with van der Waals surface area (Å²) in [6, 6.07) is 15.5. The van der Waals surface area contributed by atoms with Gasteiger partial charge in [0.05, 0.1) is 40.6 Å². The first kappa shape index (κ1) is 36.2. The minimum absolute atomic E-state index is 0.116. The lowest BCUT2D eigenvalue weighted by molar-refractivity contribution is -0.356. The van der Waals surface area contributed by atoms with Crippen LogP contribution in [-0.2, 0) is 41.6 Å². The van der Waals surface area contributed by atoms with Gasteiger partial charge in [0, 0.05) is 19.8 Å². The Bertz CT molecular complexity index is 960. The van der Waals surface area contributed by atoms with Crippen LogP contribution in [0, 0.1) is 0 Å². The third-order valence-electron chi connectivity index (χ3n) is 7.74. The van der Waals surface area contributed by atoms with E-state index in [0.29, 0.717) is 33.0 Å². The molecule has 0 bridgehead atoms. The highest BCUT2D eigenvalue weighted by atomic mass is 16.7. The quantitative estimate of drug-likeness (QED) is 0.158. The third-order valence-corrected chi connectivity index (χ3v) is 7.74. The number of hydrogen-bond acceptors (Lipinski definition) is 9. The van der Waals surface area contributed by atoms with Crippen LogP contribution in [0.1, 0.15) is 70.4 Å². The minimum Gasteiger partial charge on any atom is -0.497 e. The molecule has 9 nitrogen and oxygen atoms in total. The number of benzene rings is 2. The van der Waals surface area contributed by atoms with E-state index in [0.717, 1.165) is 61.2 Å². The Kier molecular flexibility index (Phi) is 16.5. The predicted octanol–water partition coefficient (Wildman–Crippen LogP) is 6.08. The van der Waals surface area contributed by atoms with Crippen LogP contribution >= 0.6 is 0 Å². The Morgan fingerprint density at radius 3 is 1.50 bits per heavy atom. The van der Waals surface area contributed by atoms with Gasteiger partial charge in [0.15, 0.2) is 6.29 Å². The standard InChI is InChI=1S/C35H54O9/c1-6-9-20-41-31-32(42-21-10-7-2)34(36)44-35(33(31)43-22-11-8-3,25-39-23-27-12-16-29(37-4)17-13-27)26-40-24-28-14-18-30(38-5)19-15-28/h12-19,31-34,36H,6-11,20-26H2,1-5H3/t31-,32-,33+,34?/m1/s1. The van der Waals surface area contributed by atoms with Crippen molar-refractivity contribution in [1.82, 2.24) is 0 Å². The normalized spacial score (nSPS) is 21.3. The molecule has 1 unspecified atom stereocenters. The van der Waals surface area contributed by atoms with Crippen LogP contribution in [-0.4, -0.2) is 82.6 Å². The van der Waals surface area contributed by atoms with Gasteiger partial charge in [0.1, 0.15) is 35.4 Å². The van der Waals surface area contributed by atoms with E-state index in [2.05, 4.69) is 20.8 Å². The van der Waals surface area contributed by atoms with E-state index in [-0.39, 0.29) is 13.2 Å². The molecule has 248 valence electrons. The van der Waals surface area contributed by atoms with Gasteiger partial charge in [-0.2, -0.15) is 0 Å². The highest BCUT2D eigenvalue weighted by Crippen LogP contribution is 2.36. The second-order valence-corrected chi connectivity index (χ2v) is 11.3. The number of hydrogen-bond donors (Lipinski definition) is 1. The zero-order chi connectivity index (χ0) is 31.6. The second kappa shape index (κ2) is 20.0. The number of ether oxygens (including phenoxy) is 8. The van der Waals surface area contributed by atoms with E-state index in [9.17, 15) is 5.11 Å². The van der Waals surface area contributed by atoms with Crippen LogP contribution in [0.4, 0.5) is 0 Å². The first-order valence-electron chi connectivity index (χ1n) is 16.1. The van der Waals surface area contributed by atoms with Crippen LogP contribution in [0.25, 0.3) is 0 Å². The molecule has 2 aromatic carbocycles. The zero-order valence-electron chi connectivity index (χ0n) is 27.3. The Labute approximate surface area is 264 Å². The molecule has 1 heterocycles. The van der Waals surface area contributed by atoms with E-state index in [1.807, 2.05) is 48.5 Å². The first-order chi connectivity index (χ1) is 21.5. The summed E-state index contributed by atoms with van der Waals surface area (Å²) < 4.78 is 49.0. The van der Waals surface area contributed by atoms with Gasteiger partial charge in [-0.3, -0.25) is 0 Å². The summed E-state index contributed by atoms with van der Waals surface area (Å²) in [5.41, 5.74) is 0.806. The van der Waals surface area contributed by atoms with Crippen molar-refractivity contribution in [3.8, 4) is 11.5 Å². The van der Waals surface area contributed by atoms with E-state index in [4.69, 9.17) is 37.9 Å². The molecule has 2 aromatic rings. The van der Waals surface area contributed by atoms with Gasteiger partial charge >= 0.3 is 0 Å². The number of methoxy groups -OCH3 is 2. The topological polar surface area (TPSA) is 94.1 Å². The fraction of sp³-hybridized carbons (Fsp3) is 0.657. The lowest BCUT2D eigenvalue weighted by atomic mass is 9.86. The largest absolute Gasteiger partial charge is 0.497 e. The molecule has 44 heavy (non-hydrogen) atoms. The fourth-order valence-corrected chi connectivity index (χ4v) is 5.10. The molecule has 1 saturated heterocycles. The molecule has 1 fully saturated rings. The van der Waals surface area contributed by atoms with Gasteiger partial charge in [-0.1, -0.05) is 64.3 Å². The van der Waals surface area contributed by atoms with Crippen molar-refractivity contribution in [2.45, 2.75) is 103 Å². The van der Waals surface area contributed by atoms with Gasteiger partial charge in [0.25, 0.3) is 0 Å². The molecule has 9 heteroatoms. The van der Waals surface area contributed by atoms with Crippen molar-refractivity contribution < 1.29 is 43.0 Å². The Balaban J connectivity index is 1.89. The van der Waals surface area contributed by atoms with Crippen molar-refractivity contribution in [1.29, 1.82) is 0 Å². The molecule has 3 rings (SSSR count). The van der Waals surface area contributed by atoms with Crippen LogP contribution in [0.3, 0.4) is 0 Å². The van der Waals surface area contributed by atoms with Crippen molar-refractivity contribution in [3.63, 3.8) is 0 Å². The minimum atomic E-state index is -1.25.